The lowest BCUT2D eigenvalue weighted by molar-refractivity contribution is -0.143. The highest BCUT2D eigenvalue weighted by Gasteiger charge is 2.37. The van der Waals surface area contributed by atoms with Crippen molar-refractivity contribution >= 4 is 17.5 Å². The summed E-state index contributed by atoms with van der Waals surface area (Å²) in [7, 11) is 0. The molecule has 2 rings (SSSR count). The van der Waals surface area contributed by atoms with Crippen molar-refractivity contribution in [2.75, 3.05) is 5.32 Å². The van der Waals surface area contributed by atoms with Gasteiger partial charge in [-0.25, -0.2) is 0 Å². The number of aliphatic hydroxyl groups excluding tert-OH is 1. The summed E-state index contributed by atoms with van der Waals surface area (Å²) in [6, 6.07) is 0.772. The second-order valence-corrected chi connectivity index (χ2v) is 9.54. The van der Waals surface area contributed by atoms with Crippen LogP contribution in [0.4, 0.5) is 32.0 Å². The SMILES string of the molecule is CC(C)(C)[C@H](O)C(=O)N[C@H]1CC[C@H](CC(=O)Nc2cc(C(F)(F)F)cc(C(F)(F)F)c2)CC1. The average molecular weight is 482 g/mol. The Labute approximate surface area is 187 Å². The molecule has 33 heavy (non-hydrogen) atoms. The van der Waals surface area contributed by atoms with Crippen LogP contribution in [0.1, 0.15) is 64.0 Å². The molecule has 1 aliphatic carbocycles. The van der Waals surface area contributed by atoms with Crippen LogP contribution in [0, 0.1) is 11.3 Å². The van der Waals surface area contributed by atoms with E-state index in [1.165, 1.54) is 0 Å². The fourth-order valence-electron chi connectivity index (χ4n) is 3.69. The highest BCUT2D eigenvalue weighted by atomic mass is 19.4. The summed E-state index contributed by atoms with van der Waals surface area (Å²) >= 11 is 0. The number of carbonyl (C=O) groups is 2. The molecule has 11 heteroatoms. The van der Waals surface area contributed by atoms with Gasteiger partial charge >= 0.3 is 12.4 Å². The maximum Gasteiger partial charge on any atom is 0.416 e. The number of halogens is 6. The Hall–Kier alpha value is -2.30. The van der Waals surface area contributed by atoms with Crippen LogP contribution in [0.2, 0.25) is 0 Å². The van der Waals surface area contributed by atoms with Crippen molar-refractivity contribution in [1.82, 2.24) is 5.32 Å². The largest absolute Gasteiger partial charge is 0.416 e. The van der Waals surface area contributed by atoms with Crippen LogP contribution in [-0.2, 0) is 21.9 Å². The van der Waals surface area contributed by atoms with Crippen LogP contribution in [0.25, 0.3) is 0 Å². The van der Waals surface area contributed by atoms with E-state index in [1.54, 1.807) is 20.8 Å². The minimum absolute atomic E-state index is 0.00181. The highest BCUT2D eigenvalue weighted by Crippen LogP contribution is 2.37. The van der Waals surface area contributed by atoms with E-state index in [4.69, 9.17) is 0 Å². The van der Waals surface area contributed by atoms with Gasteiger partial charge in [-0.2, -0.15) is 26.3 Å². The fourth-order valence-corrected chi connectivity index (χ4v) is 3.69. The van der Waals surface area contributed by atoms with Gasteiger partial charge in [0.2, 0.25) is 11.8 Å². The summed E-state index contributed by atoms with van der Waals surface area (Å²) in [5.74, 6) is -1.29. The van der Waals surface area contributed by atoms with E-state index in [1.807, 2.05) is 0 Å². The Kier molecular flexibility index (Phi) is 8.09. The Balaban J connectivity index is 1.94. The van der Waals surface area contributed by atoms with Gasteiger partial charge < -0.3 is 15.7 Å². The lowest BCUT2D eigenvalue weighted by Crippen LogP contribution is -2.47. The molecule has 1 aromatic carbocycles. The van der Waals surface area contributed by atoms with Gasteiger partial charge in [0.1, 0.15) is 6.10 Å². The standard InChI is InChI=1S/C22H28F6N2O3/c1-20(2,3)18(32)19(33)30-15-6-4-12(5-7-15)8-17(31)29-16-10-13(21(23,24)25)9-14(11-16)22(26,27)28/h9-12,15,18,32H,4-8H2,1-3H3,(H,29,31)(H,30,33)/t12-,15-,18-/m1/s1. The first kappa shape index (κ1) is 26.9. The molecule has 0 aliphatic heterocycles. The lowest BCUT2D eigenvalue weighted by atomic mass is 9.83. The van der Waals surface area contributed by atoms with E-state index in [0.717, 1.165) is 0 Å². The van der Waals surface area contributed by atoms with Crippen molar-refractivity contribution < 1.29 is 41.0 Å². The van der Waals surface area contributed by atoms with Crippen LogP contribution in [0.5, 0.6) is 0 Å². The first-order valence-electron chi connectivity index (χ1n) is 10.5. The molecule has 0 spiro atoms. The van der Waals surface area contributed by atoms with Crippen molar-refractivity contribution in [3.8, 4) is 0 Å². The summed E-state index contributed by atoms with van der Waals surface area (Å²) < 4.78 is 77.8. The van der Waals surface area contributed by atoms with Gasteiger partial charge in [-0.05, 0) is 55.2 Å². The minimum Gasteiger partial charge on any atom is -0.383 e. The van der Waals surface area contributed by atoms with Crippen molar-refractivity contribution in [1.29, 1.82) is 0 Å². The normalized spacial score (nSPS) is 20.8. The number of aliphatic hydroxyl groups is 1. The van der Waals surface area contributed by atoms with Gasteiger partial charge in [0, 0.05) is 18.2 Å². The predicted octanol–water partition coefficient (Wildman–Crippen LogP) is 5.13. The molecule has 0 bridgehead atoms. The van der Waals surface area contributed by atoms with E-state index in [9.17, 15) is 41.0 Å². The molecule has 1 atom stereocenters. The van der Waals surface area contributed by atoms with Crippen LogP contribution < -0.4 is 10.6 Å². The molecule has 5 nitrogen and oxygen atoms in total. The molecule has 1 aromatic rings. The Morgan fingerprint density at radius 2 is 1.42 bits per heavy atom. The van der Waals surface area contributed by atoms with E-state index in [-0.39, 0.29) is 24.4 Å². The molecule has 0 aromatic heterocycles. The highest BCUT2D eigenvalue weighted by molar-refractivity contribution is 5.91. The number of anilines is 1. The summed E-state index contributed by atoms with van der Waals surface area (Å²) in [6.07, 6.45) is -9.06. The van der Waals surface area contributed by atoms with Crippen LogP contribution in [0.15, 0.2) is 18.2 Å². The molecule has 1 saturated carbocycles. The molecule has 0 saturated heterocycles. The van der Waals surface area contributed by atoms with E-state index in [0.29, 0.717) is 37.8 Å². The maximum absolute atomic E-state index is 13.0. The number of hydrogen-bond donors (Lipinski definition) is 3. The van der Waals surface area contributed by atoms with E-state index < -0.39 is 52.5 Å². The summed E-state index contributed by atoms with van der Waals surface area (Å²) in [5.41, 5.74) is -4.18. The third kappa shape index (κ3) is 7.90. The number of alkyl halides is 6. The fraction of sp³-hybridized carbons (Fsp3) is 0.636. The Bertz CT molecular complexity index is 821. The minimum atomic E-state index is -5.00. The van der Waals surface area contributed by atoms with Gasteiger partial charge in [0.15, 0.2) is 0 Å². The van der Waals surface area contributed by atoms with Gasteiger partial charge in [-0.3, -0.25) is 9.59 Å². The number of rotatable bonds is 5. The average Bonchev–Trinajstić information content (AvgIpc) is 2.66. The topological polar surface area (TPSA) is 78.4 Å². The second kappa shape index (κ2) is 9.90. The van der Waals surface area contributed by atoms with Crippen LogP contribution in [0.3, 0.4) is 0 Å². The summed E-state index contributed by atoms with van der Waals surface area (Å²) in [6.45, 7) is 5.19. The molecule has 0 radical (unpaired) electrons. The lowest BCUT2D eigenvalue weighted by Gasteiger charge is -2.31. The summed E-state index contributed by atoms with van der Waals surface area (Å²) in [4.78, 5) is 24.4. The van der Waals surface area contributed by atoms with Gasteiger partial charge in [-0.1, -0.05) is 20.8 Å². The zero-order valence-electron chi connectivity index (χ0n) is 18.5. The first-order chi connectivity index (χ1) is 15.0. The predicted molar refractivity (Wildman–Crippen MR) is 109 cm³/mol. The van der Waals surface area contributed by atoms with Crippen LogP contribution in [-0.4, -0.2) is 29.1 Å². The maximum atomic E-state index is 13.0. The second-order valence-electron chi connectivity index (χ2n) is 9.54. The number of amides is 2. The van der Waals surface area contributed by atoms with Gasteiger partial charge in [0.05, 0.1) is 11.1 Å². The monoisotopic (exact) mass is 482 g/mol. The third-order valence-corrected chi connectivity index (χ3v) is 5.61. The number of nitrogens with one attached hydrogen (secondary N) is 2. The van der Waals surface area contributed by atoms with Crippen LogP contribution >= 0.6 is 0 Å². The van der Waals surface area contributed by atoms with Gasteiger partial charge in [-0.15, -0.1) is 0 Å². The molecule has 186 valence electrons. The summed E-state index contributed by atoms with van der Waals surface area (Å²) in [5, 5.41) is 15.0. The number of carbonyl (C=O) groups excluding carboxylic acids is 2. The van der Waals surface area contributed by atoms with Crippen molar-refractivity contribution in [3.63, 3.8) is 0 Å². The molecular formula is C22H28F6N2O3. The third-order valence-electron chi connectivity index (χ3n) is 5.61. The first-order valence-corrected chi connectivity index (χ1v) is 10.5. The quantitative estimate of drug-likeness (QED) is 0.509. The molecule has 3 N–H and O–H groups in total. The molecule has 0 unspecified atom stereocenters. The smallest absolute Gasteiger partial charge is 0.383 e. The van der Waals surface area contributed by atoms with Gasteiger partial charge in [0.25, 0.3) is 0 Å². The van der Waals surface area contributed by atoms with Crippen molar-refractivity contribution in [2.45, 2.75) is 77.4 Å². The molecule has 2 amide bonds. The molecule has 1 fully saturated rings. The zero-order chi connectivity index (χ0) is 25.2. The van der Waals surface area contributed by atoms with Crippen molar-refractivity contribution in [2.24, 2.45) is 11.3 Å². The number of benzene rings is 1. The number of hydrogen-bond acceptors (Lipinski definition) is 3. The Morgan fingerprint density at radius 3 is 1.85 bits per heavy atom. The molecule has 1 aliphatic rings. The van der Waals surface area contributed by atoms with Crippen molar-refractivity contribution in [3.05, 3.63) is 29.3 Å². The molecular weight excluding hydrogens is 454 g/mol. The zero-order valence-corrected chi connectivity index (χ0v) is 18.5. The van der Waals surface area contributed by atoms with E-state index in [2.05, 4.69) is 10.6 Å². The Morgan fingerprint density at radius 1 is 0.939 bits per heavy atom. The molecule has 0 heterocycles. The van der Waals surface area contributed by atoms with E-state index >= 15 is 0 Å².